The van der Waals surface area contributed by atoms with Crippen molar-refractivity contribution in [2.24, 2.45) is 0 Å². The van der Waals surface area contributed by atoms with Gasteiger partial charge in [0.2, 0.25) is 0 Å². The fourth-order valence-electron chi connectivity index (χ4n) is 3.80. The van der Waals surface area contributed by atoms with E-state index in [0.29, 0.717) is 49.7 Å². The van der Waals surface area contributed by atoms with Crippen LogP contribution in [0.15, 0.2) is 24.4 Å². The zero-order chi connectivity index (χ0) is 19.2. The number of ether oxygens (including phenoxy) is 1. The molecule has 0 bridgehead atoms. The first kappa shape index (κ1) is 18.2. The third-order valence-electron chi connectivity index (χ3n) is 5.19. The van der Waals surface area contributed by atoms with Crippen LogP contribution in [0.4, 0.5) is 19.0 Å². The molecule has 0 atom stereocenters. The molecule has 0 amide bonds. The van der Waals surface area contributed by atoms with E-state index >= 15 is 0 Å². The van der Waals surface area contributed by atoms with E-state index in [2.05, 4.69) is 4.98 Å². The predicted octanol–water partition coefficient (Wildman–Crippen LogP) is 3.93. The average molecular weight is 398 g/mol. The van der Waals surface area contributed by atoms with Gasteiger partial charge in [0.15, 0.2) is 0 Å². The molecule has 0 aromatic carbocycles. The van der Waals surface area contributed by atoms with E-state index < -0.39 is 23.3 Å². The summed E-state index contributed by atoms with van der Waals surface area (Å²) in [4.78, 5) is 18.5. The van der Waals surface area contributed by atoms with E-state index in [1.54, 1.807) is 6.07 Å². The standard InChI is InChI=1S/C18H17F3N2O3S/c19-18(20,21)11-1-5-22-15(9-11)23-6-3-17(4-7-23)12-10-14(16(24)25)27-13(12)2-8-26-17/h1,5,9-10H,2-4,6-8H2,(H,24,25). The molecule has 2 aromatic heterocycles. The highest BCUT2D eigenvalue weighted by Gasteiger charge is 2.43. The number of hydrogen-bond donors (Lipinski definition) is 1. The first-order valence-corrected chi connectivity index (χ1v) is 9.39. The van der Waals surface area contributed by atoms with Gasteiger partial charge in [0.1, 0.15) is 10.7 Å². The van der Waals surface area contributed by atoms with E-state index in [9.17, 15) is 23.1 Å². The molecule has 1 saturated heterocycles. The van der Waals surface area contributed by atoms with Crippen LogP contribution in [0.3, 0.4) is 0 Å². The van der Waals surface area contributed by atoms with E-state index in [-0.39, 0.29) is 0 Å². The van der Waals surface area contributed by atoms with Gasteiger partial charge in [0.25, 0.3) is 0 Å². The van der Waals surface area contributed by atoms with Crippen LogP contribution in [0.5, 0.6) is 0 Å². The number of pyridine rings is 1. The molecule has 2 aliphatic rings. The molecular formula is C18H17F3N2O3S. The molecule has 9 heteroatoms. The maximum absolute atomic E-state index is 12.9. The summed E-state index contributed by atoms with van der Waals surface area (Å²) in [5, 5.41) is 9.26. The Kier molecular flexibility index (Phi) is 4.38. The number of nitrogens with zero attached hydrogens (tertiary/aromatic N) is 2. The number of alkyl halides is 3. The summed E-state index contributed by atoms with van der Waals surface area (Å²) in [6.45, 7) is 1.51. The Balaban J connectivity index is 1.56. The van der Waals surface area contributed by atoms with E-state index in [1.165, 1.54) is 17.5 Å². The largest absolute Gasteiger partial charge is 0.477 e. The Hall–Kier alpha value is -2.13. The Morgan fingerprint density at radius 1 is 1.30 bits per heavy atom. The molecule has 1 N–H and O–H groups in total. The lowest BCUT2D eigenvalue weighted by atomic mass is 9.82. The van der Waals surface area contributed by atoms with Crippen LogP contribution in [-0.2, 0) is 22.9 Å². The molecule has 27 heavy (non-hydrogen) atoms. The van der Waals surface area contributed by atoms with E-state index in [4.69, 9.17) is 4.74 Å². The van der Waals surface area contributed by atoms with Gasteiger partial charge in [0, 0.05) is 30.6 Å². The highest BCUT2D eigenvalue weighted by Crippen LogP contribution is 2.45. The summed E-state index contributed by atoms with van der Waals surface area (Å²) in [6, 6.07) is 3.72. The van der Waals surface area contributed by atoms with Crippen molar-refractivity contribution in [3.8, 4) is 0 Å². The van der Waals surface area contributed by atoms with Crippen molar-refractivity contribution >= 4 is 23.1 Å². The summed E-state index contributed by atoms with van der Waals surface area (Å²) in [7, 11) is 0. The second-order valence-corrected chi connectivity index (χ2v) is 7.87. The highest BCUT2D eigenvalue weighted by molar-refractivity contribution is 7.14. The molecule has 144 valence electrons. The number of fused-ring (bicyclic) bond motifs is 2. The van der Waals surface area contributed by atoms with Gasteiger partial charge in [-0.15, -0.1) is 11.3 Å². The zero-order valence-corrected chi connectivity index (χ0v) is 15.1. The Morgan fingerprint density at radius 3 is 2.70 bits per heavy atom. The minimum absolute atomic E-state index is 0.298. The molecule has 1 spiro atoms. The number of halogens is 3. The zero-order valence-electron chi connectivity index (χ0n) is 14.3. The lowest BCUT2D eigenvalue weighted by Crippen LogP contribution is -2.46. The van der Waals surface area contributed by atoms with Gasteiger partial charge in [-0.1, -0.05) is 0 Å². The number of carboxylic acids is 1. The molecule has 2 aliphatic heterocycles. The van der Waals surface area contributed by atoms with Crippen molar-refractivity contribution in [3.05, 3.63) is 45.3 Å². The number of anilines is 1. The fourth-order valence-corrected chi connectivity index (χ4v) is 4.87. The van der Waals surface area contributed by atoms with Gasteiger partial charge < -0.3 is 14.7 Å². The number of hydrogen-bond acceptors (Lipinski definition) is 5. The number of carboxylic acid groups (broad SMARTS) is 1. The second kappa shape index (κ2) is 6.49. The quantitative estimate of drug-likeness (QED) is 0.831. The van der Waals surface area contributed by atoms with Crippen molar-refractivity contribution in [1.29, 1.82) is 0 Å². The molecule has 1 fully saturated rings. The van der Waals surface area contributed by atoms with Gasteiger partial charge in [-0.2, -0.15) is 13.2 Å². The third kappa shape index (κ3) is 3.29. The van der Waals surface area contributed by atoms with Crippen LogP contribution in [0, 0.1) is 0 Å². The van der Waals surface area contributed by atoms with Crippen LogP contribution in [0.25, 0.3) is 0 Å². The van der Waals surface area contributed by atoms with Crippen LogP contribution in [0.1, 0.15) is 38.5 Å². The van der Waals surface area contributed by atoms with Gasteiger partial charge in [0.05, 0.1) is 17.8 Å². The van der Waals surface area contributed by atoms with Crippen LogP contribution in [-0.4, -0.2) is 35.8 Å². The van der Waals surface area contributed by atoms with Crippen molar-refractivity contribution in [2.75, 3.05) is 24.6 Å². The van der Waals surface area contributed by atoms with Crippen LogP contribution in [0.2, 0.25) is 0 Å². The molecule has 4 heterocycles. The minimum atomic E-state index is -4.40. The first-order valence-electron chi connectivity index (χ1n) is 8.57. The van der Waals surface area contributed by atoms with Crippen LogP contribution >= 0.6 is 11.3 Å². The molecule has 2 aromatic rings. The summed E-state index contributed by atoms with van der Waals surface area (Å²) in [6.07, 6.45) is -1.38. The molecular weight excluding hydrogens is 381 g/mol. The van der Waals surface area contributed by atoms with Gasteiger partial charge in [-0.3, -0.25) is 0 Å². The highest BCUT2D eigenvalue weighted by atomic mass is 32.1. The summed E-state index contributed by atoms with van der Waals surface area (Å²) >= 11 is 1.28. The first-order chi connectivity index (χ1) is 12.8. The lowest BCUT2D eigenvalue weighted by Gasteiger charge is -2.44. The number of aromatic nitrogens is 1. The van der Waals surface area contributed by atoms with Crippen LogP contribution < -0.4 is 4.90 Å². The third-order valence-corrected chi connectivity index (χ3v) is 6.37. The second-order valence-electron chi connectivity index (χ2n) is 6.73. The number of piperidine rings is 1. The monoisotopic (exact) mass is 398 g/mol. The fraction of sp³-hybridized carbons (Fsp3) is 0.444. The molecule has 0 unspecified atom stereocenters. The number of thiophene rings is 1. The van der Waals surface area contributed by atoms with Gasteiger partial charge in [-0.05, 0) is 36.6 Å². The topological polar surface area (TPSA) is 62.7 Å². The van der Waals surface area contributed by atoms with E-state index in [1.807, 2.05) is 4.90 Å². The smallest absolute Gasteiger partial charge is 0.416 e. The molecule has 4 rings (SSSR count). The minimum Gasteiger partial charge on any atom is -0.477 e. The van der Waals surface area contributed by atoms with Crippen molar-refractivity contribution < 1.29 is 27.8 Å². The Bertz CT molecular complexity index is 873. The number of rotatable bonds is 2. The molecule has 0 saturated carbocycles. The summed E-state index contributed by atoms with van der Waals surface area (Å²) in [5.41, 5.74) is -0.351. The van der Waals surface area contributed by atoms with Gasteiger partial charge >= 0.3 is 12.1 Å². The Labute approximate surface area is 157 Å². The molecule has 0 radical (unpaired) electrons. The molecule has 5 nitrogen and oxygen atoms in total. The van der Waals surface area contributed by atoms with Crippen molar-refractivity contribution in [1.82, 2.24) is 4.98 Å². The maximum Gasteiger partial charge on any atom is 0.416 e. The van der Waals surface area contributed by atoms with Crippen molar-refractivity contribution in [2.45, 2.75) is 31.0 Å². The van der Waals surface area contributed by atoms with E-state index in [0.717, 1.165) is 22.6 Å². The summed E-state index contributed by atoms with van der Waals surface area (Å²) in [5.74, 6) is -0.651. The number of carbonyl (C=O) groups is 1. The van der Waals surface area contributed by atoms with Gasteiger partial charge in [-0.25, -0.2) is 9.78 Å². The average Bonchev–Trinajstić information content (AvgIpc) is 3.08. The SMILES string of the molecule is O=C(O)c1cc2c(s1)CCOC21CCN(c2cc(C(F)(F)F)ccn2)CC1. The lowest BCUT2D eigenvalue weighted by molar-refractivity contribution is -0.137. The number of aromatic carboxylic acids is 1. The maximum atomic E-state index is 12.9. The Morgan fingerprint density at radius 2 is 2.04 bits per heavy atom. The predicted molar refractivity (Wildman–Crippen MR) is 93.3 cm³/mol. The van der Waals surface area contributed by atoms with Crippen molar-refractivity contribution in [3.63, 3.8) is 0 Å². The molecule has 0 aliphatic carbocycles. The normalized spacial score (nSPS) is 19.1. The summed E-state index contributed by atoms with van der Waals surface area (Å²) < 4.78 is 44.9.